The second kappa shape index (κ2) is 11.9. The molecule has 1 atom stereocenters. The predicted octanol–water partition coefficient (Wildman–Crippen LogP) is 5.92. The maximum Gasteiger partial charge on any atom is 0.237 e. The van der Waals surface area contributed by atoms with E-state index in [4.69, 9.17) is 27.2 Å². The number of hydrogen-bond donors (Lipinski definition) is 3. The molecular formula is C31H34ClFN6O3S. The molecule has 0 radical (unpaired) electrons. The van der Waals surface area contributed by atoms with Gasteiger partial charge in [-0.3, -0.25) is 9.40 Å². The highest BCUT2D eigenvalue weighted by Crippen LogP contribution is 2.40. The highest BCUT2D eigenvalue weighted by atomic mass is 35.5. The molecule has 1 fully saturated rings. The van der Waals surface area contributed by atoms with E-state index in [0.29, 0.717) is 45.1 Å². The highest BCUT2D eigenvalue weighted by molar-refractivity contribution is 7.91. The van der Waals surface area contributed by atoms with Crippen molar-refractivity contribution in [2.75, 3.05) is 23.7 Å². The van der Waals surface area contributed by atoms with Crippen LogP contribution >= 0.6 is 11.6 Å². The average Bonchev–Trinajstić information content (AvgIpc) is 3.36. The van der Waals surface area contributed by atoms with E-state index >= 15 is 4.39 Å². The zero-order valence-corrected chi connectivity index (χ0v) is 25.6. The van der Waals surface area contributed by atoms with Gasteiger partial charge in [-0.2, -0.15) is 5.10 Å². The van der Waals surface area contributed by atoms with Crippen molar-refractivity contribution >= 4 is 49.6 Å². The van der Waals surface area contributed by atoms with Gasteiger partial charge in [-0.15, -0.1) is 0 Å². The molecule has 0 bridgehead atoms. The Morgan fingerprint density at radius 2 is 1.98 bits per heavy atom. The molecule has 2 aromatic carbocycles. The maximum atomic E-state index is 15.4. The van der Waals surface area contributed by atoms with Gasteiger partial charge in [0.15, 0.2) is 0 Å². The van der Waals surface area contributed by atoms with E-state index in [0.717, 1.165) is 43.6 Å². The average molecular weight is 625 g/mol. The second-order valence-corrected chi connectivity index (χ2v) is 13.5. The molecular weight excluding hydrogens is 591 g/mol. The second-order valence-electron chi connectivity index (χ2n) is 11.4. The van der Waals surface area contributed by atoms with Crippen LogP contribution in [0.25, 0.3) is 27.7 Å². The van der Waals surface area contributed by atoms with Crippen LogP contribution in [-0.4, -0.2) is 48.5 Å². The number of nitrogens with one attached hydrogen (secondary N) is 2. The number of hydrogen-bond acceptors (Lipinski definition) is 7. The summed E-state index contributed by atoms with van der Waals surface area (Å²) in [5, 5.41) is 9.51. The van der Waals surface area contributed by atoms with Gasteiger partial charge >= 0.3 is 0 Å². The normalized spacial score (nSPS) is 17.7. The van der Waals surface area contributed by atoms with Crippen LogP contribution in [0.5, 0.6) is 0 Å². The van der Waals surface area contributed by atoms with Crippen LogP contribution in [0.2, 0.25) is 5.02 Å². The Kier molecular flexibility index (Phi) is 8.16. The van der Waals surface area contributed by atoms with Gasteiger partial charge in [-0.05, 0) is 62.4 Å². The summed E-state index contributed by atoms with van der Waals surface area (Å²) in [6.07, 6.45) is 6.84. The van der Waals surface area contributed by atoms with Gasteiger partial charge < -0.3 is 15.8 Å². The molecule has 9 nitrogen and oxygen atoms in total. The topological polar surface area (TPSA) is 124 Å². The van der Waals surface area contributed by atoms with Crippen molar-refractivity contribution in [3.8, 4) is 11.3 Å². The molecule has 4 aromatic rings. The zero-order chi connectivity index (χ0) is 30.3. The summed E-state index contributed by atoms with van der Waals surface area (Å²) in [5.74, 6) is -0.823. The molecule has 0 amide bonds. The van der Waals surface area contributed by atoms with Gasteiger partial charge in [-0.25, -0.2) is 17.8 Å². The first kappa shape index (κ1) is 29.6. The summed E-state index contributed by atoms with van der Waals surface area (Å²) >= 11 is 6.13. The SMILES string of the molecule is CC(C)n1nc(-c2ccc(NS(=O)(=O)Cc3ccccc3Cl)c(F)c2)c2c(N)ncc(C3=CC[C@@H](NC4COC4)CC3)c21. The largest absolute Gasteiger partial charge is 0.383 e. The Morgan fingerprint density at radius 3 is 2.63 bits per heavy atom. The van der Waals surface area contributed by atoms with E-state index in [2.05, 4.69) is 21.1 Å². The van der Waals surface area contributed by atoms with E-state index < -0.39 is 15.8 Å². The standard InChI is InChI=1S/C31H34ClFN6O3S/c1-18(2)39-30-24(19-7-10-22(11-8-19)36-23-15-42-16-23)14-35-31(34)28(30)29(37-39)20-9-12-27(26(33)13-20)38-43(40,41)17-21-5-3-4-6-25(21)32/h3-7,9,12-14,18,22-23,36,38H,8,10-11,15-17H2,1-2H3,(H2,34,35)/t22-/m1/s1. The lowest BCUT2D eigenvalue weighted by atomic mass is 9.89. The van der Waals surface area contributed by atoms with Gasteiger partial charge in [0, 0.05) is 34.4 Å². The third-order valence-electron chi connectivity index (χ3n) is 7.92. The molecule has 6 rings (SSSR count). The Bertz CT molecular complexity index is 1820. The van der Waals surface area contributed by atoms with Gasteiger partial charge in [0.25, 0.3) is 0 Å². The number of anilines is 2. The predicted molar refractivity (Wildman–Crippen MR) is 169 cm³/mol. The van der Waals surface area contributed by atoms with Crippen LogP contribution in [0.15, 0.2) is 54.7 Å². The van der Waals surface area contributed by atoms with Crippen LogP contribution in [0, 0.1) is 5.82 Å². The van der Waals surface area contributed by atoms with E-state index in [9.17, 15) is 8.42 Å². The number of halogens is 2. The fourth-order valence-electron chi connectivity index (χ4n) is 5.67. The van der Waals surface area contributed by atoms with Crippen molar-refractivity contribution in [1.29, 1.82) is 0 Å². The number of fused-ring (bicyclic) bond motifs is 1. The van der Waals surface area contributed by atoms with Gasteiger partial charge in [0.1, 0.15) is 17.3 Å². The number of aromatic nitrogens is 3. The third-order valence-corrected chi connectivity index (χ3v) is 9.51. The summed E-state index contributed by atoms with van der Waals surface area (Å²) in [4.78, 5) is 4.52. The van der Waals surface area contributed by atoms with Crippen LogP contribution in [0.1, 0.15) is 50.3 Å². The molecule has 1 aliphatic heterocycles. The number of nitrogen functional groups attached to an aromatic ring is 1. The summed E-state index contributed by atoms with van der Waals surface area (Å²) in [6.45, 7) is 5.60. The quantitative estimate of drug-likeness (QED) is 0.211. The lowest BCUT2D eigenvalue weighted by Crippen LogP contribution is -2.50. The molecule has 4 N–H and O–H groups in total. The first-order chi connectivity index (χ1) is 20.6. The molecule has 226 valence electrons. The minimum absolute atomic E-state index is 0.00485. The molecule has 2 aliphatic rings. The number of ether oxygens (including phenoxy) is 1. The van der Waals surface area contributed by atoms with Crippen LogP contribution in [0.3, 0.4) is 0 Å². The molecule has 0 saturated carbocycles. The van der Waals surface area contributed by atoms with Crippen LogP contribution < -0.4 is 15.8 Å². The zero-order valence-electron chi connectivity index (χ0n) is 24.0. The van der Waals surface area contributed by atoms with Gasteiger partial charge in [-0.1, -0.05) is 41.9 Å². The lowest BCUT2D eigenvalue weighted by molar-refractivity contribution is -0.0103. The molecule has 12 heteroatoms. The molecule has 43 heavy (non-hydrogen) atoms. The number of nitrogens with two attached hydrogens (primary N) is 1. The van der Waals surface area contributed by atoms with Crippen LogP contribution in [0.4, 0.5) is 15.9 Å². The summed E-state index contributed by atoms with van der Waals surface area (Å²) in [6, 6.07) is 11.8. The summed E-state index contributed by atoms with van der Waals surface area (Å²) in [5.41, 5.74) is 10.6. The number of sulfonamides is 1. The maximum absolute atomic E-state index is 15.4. The van der Waals surface area contributed by atoms with Crippen molar-refractivity contribution in [2.24, 2.45) is 0 Å². The minimum Gasteiger partial charge on any atom is -0.383 e. The third kappa shape index (κ3) is 6.12. The summed E-state index contributed by atoms with van der Waals surface area (Å²) < 4.78 is 50.6. The fraction of sp³-hybridized carbons (Fsp3) is 0.355. The Morgan fingerprint density at radius 1 is 1.19 bits per heavy atom. The van der Waals surface area contributed by atoms with Gasteiger partial charge in [0.05, 0.1) is 41.6 Å². The molecule has 2 aromatic heterocycles. The lowest BCUT2D eigenvalue weighted by Gasteiger charge is -2.33. The highest BCUT2D eigenvalue weighted by Gasteiger charge is 2.27. The first-order valence-electron chi connectivity index (χ1n) is 14.3. The van der Waals surface area contributed by atoms with Crippen molar-refractivity contribution in [2.45, 2.75) is 57.0 Å². The van der Waals surface area contributed by atoms with E-state index in [1.54, 1.807) is 36.5 Å². The molecule has 0 unspecified atom stereocenters. The minimum atomic E-state index is -3.93. The number of nitrogens with zero attached hydrogens (tertiary/aromatic N) is 3. The van der Waals surface area contributed by atoms with E-state index in [-0.39, 0.29) is 17.5 Å². The molecule has 3 heterocycles. The number of allylic oxidation sites excluding steroid dienone is 1. The smallest absolute Gasteiger partial charge is 0.237 e. The van der Waals surface area contributed by atoms with Crippen molar-refractivity contribution in [3.63, 3.8) is 0 Å². The number of benzene rings is 2. The van der Waals surface area contributed by atoms with E-state index in [1.807, 2.05) is 18.5 Å². The monoisotopic (exact) mass is 624 g/mol. The molecule has 1 saturated heterocycles. The van der Waals surface area contributed by atoms with Crippen molar-refractivity contribution in [3.05, 3.63) is 76.7 Å². The van der Waals surface area contributed by atoms with E-state index in [1.165, 1.54) is 17.7 Å². The first-order valence-corrected chi connectivity index (χ1v) is 16.4. The Balaban J connectivity index is 1.32. The summed E-state index contributed by atoms with van der Waals surface area (Å²) in [7, 11) is -3.93. The fourth-order valence-corrected chi connectivity index (χ4v) is 7.19. The van der Waals surface area contributed by atoms with Crippen LogP contribution in [-0.2, 0) is 20.5 Å². The Hall–Kier alpha value is -3.51. The molecule has 1 aliphatic carbocycles. The molecule has 0 spiro atoms. The number of pyridine rings is 1. The number of rotatable bonds is 9. The van der Waals surface area contributed by atoms with Crippen molar-refractivity contribution < 1.29 is 17.5 Å². The van der Waals surface area contributed by atoms with Gasteiger partial charge in [0.2, 0.25) is 10.0 Å². The van der Waals surface area contributed by atoms with Crippen molar-refractivity contribution in [1.82, 2.24) is 20.1 Å². The Labute approximate surface area is 255 Å².